The Hall–Kier alpha value is -2.90. The van der Waals surface area contributed by atoms with Crippen molar-refractivity contribution in [3.05, 3.63) is 70.3 Å². The summed E-state index contributed by atoms with van der Waals surface area (Å²) < 4.78 is 62.3. The Balaban J connectivity index is 2.21. The highest BCUT2D eigenvalue weighted by molar-refractivity contribution is 6.03. The number of benzene rings is 2. The van der Waals surface area contributed by atoms with Gasteiger partial charge in [-0.15, -0.1) is 0 Å². The van der Waals surface area contributed by atoms with Crippen LogP contribution in [0, 0.1) is 23.3 Å². The molecule has 0 heterocycles. The van der Waals surface area contributed by atoms with Crippen LogP contribution < -0.4 is 0 Å². The molecule has 25 heavy (non-hydrogen) atoms. The summed E-state index contributed by atoms with van der Waals surface area (Å²) in [6.45, 7) is 0.816. The van der Waals surface area contributed by atoms with Gasteiger partial charge >= 0.3 is 11.9 Å². The minimum Gasteiger partial charge on any atom is -0.462 e. The molecule has 0 fully saturated rings. The zero-order valence-corrected chi connectivity index (χ0v) is 12.9. The first-order valence-corrected chi connectivity index (χ1v) is 7.12. The predicted octanol–water partition coefficient (Wildman–Crippen LogP) is 3.78. The van der Waals surface area contributed by atoms with E-state index in [9.17, 15) is 27.2 Å². The monoisotopic (exact) mass is 356 g/mol. The Morgan fingerprint density at radius 2 is 1.44 bits per heavy atom. The number of hydrogen-bond acceptors (Lipinski definition) is 4. The second kappa shape index (κ2) is 7.78. The topological polar surface area (TPSA) is 52.6 Å². The molecule has 0 N–H and O–H groups in total. The van der Waals surface area contributed by atoms with Gasteiger partial charge in [-0.25, -0.2) is 27.2 Å². The quantitative estimate of drug-likeness (QED) is 0.354. The number of carbonyl (C=O) groups is 2. The van der Waals surface area contributed by atoms with Crippen LogP contribution in [0.4, 0.5) is 17.6 Å². The highest BCUT2D eigenvalue weighted by atomic mass is 19.2. The molecule has 0 aromatic heterocycles. The molecule has 2 rings (SSSR count). The van der Waals surface area contributed by atoms with Crippen molar-refractivity contribution in [3.8, 4) is 0 Å². The molecule has 2 aromatic rings. The van der Waals surface area contributed by atoms with Crippen molar-refractivity contribution in [2.75, 3.05) is 6.61 Å². The molecule has 0 spiro atoms. The first-order chi connectivity index (χ1) is 11.9. The molecule has 0 aliphatic carbocycles. The highest BCUT2D eigenvalue weighted by Crippen LogP contribution is 2.20. The van der Waals surface area contributed by atoms with E-state index in [0.717, 1.165) is 0 Å². The van der Waals surface area contributed by atoms with Crippen molar-refractivity contribution in [1.82, 2.24) is 0 Å². The number of halogens is 4. The van der Waals surface area contributed by atoms with Gasteiger partial charge in [-0.2, -0.15) is 0 Å². The predicted molar refractivity (Wildman–Crippen MR) is 77.8 cm³/mol. The van der Waals surface area contributed by atoms with Crippen LogP contribution in [0.2, 0.25) is 0 Å². The third-order valence-electron chi connectivity index (χ3n) is 3.18. The molecule has 0 saturated heterocycles. The minimum absolute atomic E-state index is 0.0775. The maximum Gasteiger partial charge on any atom is 0.339 e. The normalized spacial score (nSPS) is 10.4. The van der Waals surface area contributed by atoms with Gasteiger partial charge in [0, 0.05) is 5.56 Å². The molecule has 0 aliphatic rings. The lowest BCUT2D eigenvalue weighted by Gasteiger charge is -2.10. The lowest BCUT2D eigenvalue weighted by molar-refractivity contribution is 0.0441. The summed E-state index contributed by atoms with van der Waals surface area (Å²) in [7, 11) is 0. The van der Waals surface area contributed by atoms with Crippen LogP contribution >= 0.6 is 0 Å². The van der Waals surface area contributed by atoms with Gasteiger partial charge in [0.15, 0.2) is 23.3 Å². The molecule has 2 aromatic carbocycles. The average Bonchev–Trinajstić information content (AvgIpc) is 2.61. The van der Waals surface area contributed by atoms with Gasteiger partial charge in [-0.1, -0.05) is 12.1 Å². The van der Waals surface area contributed by atoms with E-state index in [2.05, 4.69) is 0 Å². The third kappa shape index (κ3) is 3.96. The molecule has 4 nitrogen and oxygen atoms in total. The average molecular weight is 356 g/mol. The van der Waals surface area contributed by atoms with Gasteiger partial charge in [0.25, 0.3) is 0 Å². The van der Waals surface area contributed by atoms with Crippen molar-refractivity contribution >= 4 is 11.9 Å². The molecule has 0 unspecified atom stereocenters. The van der Waals surface area contributed by atoms with Crippen molar-refractivity contribution in [2.45, 2.75) is 13.5 Å². The Morgan fingerprint density at radius 1 is 0.880 bits per heavy atom. The van der Waals surface area contributed by atoms with Crippen LogP contribution in [0.1, 0.15) is 33.2 Å². The minimum atomic E-state index is -2.00. The van der Waals surface area contributed by atoms with Crippen molar-refractivity contribution in [2.24, 2.45) is 0 Å². The van der Waals surface area contributed by atoms with E-state index in [1.165, 1.54) is 24.3 Å². The van der Waals surface area contributed by atoms with Gasteiger partial charge < -0.3 is 9.47 Å². The summed E-state index contributed by atoms with van der Waals surface area (Å²) >= 11 is 0. The van der Waals surface area contributed by atoms with Crippen LogP contribution in [0.3, 0.4) is 0 Å². The standard InChI is InChI=1S/C17H12F4O4/c1-2-24-16(22)10-5-3-4-6-11(10)17(23)25-8-9-7-12(18)14(20)15(21)13(9)19/h3-7H,2,8H2,1H3. The molecule has 0 amide bonds. The molecule has 0 radical (unpaired) electrons. The maximum absolute atomic E-state index is 13.6. The van der Waals surface area contributed by atoms with E-state index in [-0.39, 0.29) is 17.7 Å². The van der Waals surface area contributed by atoms with Crippen LogP contribution in [0.15, 0.2) is 30.3 Å². The summed E-state index contributed by atoms with van der Waals surface area (Å²) in [5.74, 6) is -9.03. The Labute approximate surface area is 140 Å². The van der Waals surface area contributed by atoms with Crippen molar-refractivity contribution in [1.29, 1.82) is 0 Å². The molecule has 132 valence electrons. The highest BCUT2D eigenvalue weighted by Gasteiger charge is 2.22. The van der Waals surface area contributed by atoms with Crippen molar-refractivity contribution in [3.63, 3.8) is 0 Å². The molecule has 0 aliphatic heterocycles. The summed E-state index contributed by atoms with van der Waals surface area (Å²) in [5.41, 5.74) is -0.922. The summed E-state index contributed by atoms with van der Waals surface area (Å²) in [5, 5.41) is 0. The van der Waals surface area contributed by atoms with E-state index < -0.39 is 47.4 Å². The Kier molecular flexibility index (Phi) is 5.74. The second-order valence-electron chi connectivity index (χ2n) is 4.80. The Morgan fingerprint density at radius 3 is 2.00 bits per heavy atom. The van der Waals surface area contributed by atoms with Gasteiger partial charge in [0.1, 0.15) is 6.61 Å². The fourth-order valence-corrected chi connectivity index (χ4v) is 2.00. The molecule has 0 bridgehead atoms. The summed E-state index contributed by atoms with van der Waals surface area (Å²) in [6, 6.07) is 5.94. The third-order valence-corrected chi connectivity index (χ3v) is 3.18. The SMILES string of the molecule is CCOC(=O)c1ccccc1C(=O)OCc1cc(F)c(F)c(F)c1F. The zero-order chi connectivity index (χ0) is 18.6. The molecule has 0 saturated carbocycles. The largest absolute Gasteiger partial charge is 0.462 e. The number of rotatable bonds is 5. The van der Waals surface area contributed by atoms with Gasteiger partial charge in [-0.3, -0.25) is 0 Å². The first kappa shape index (κ1) is 18.4. The molecule has 8 heteroatoms. The maximum atomic E-state index is 13.6. The number of hydrogen-bond donors (Lipinski definition) is 0. The van der Waals surface area contributed by atoms with Crippen LogP contribution in [-0.2, 0) is 16.1 Å². The fourth-order valence-electron chi connectivity index (χ4n) is 2.00. The van der Waals surface area contributed by atoms with Crippen LogP contribution in [0.5, 0.6) is 0 Å². The van der Waals surface area contributed by atoms with E-state index in [4.69, 9.17) is 9.47 Å². The van der Waals surface area contributed by atoms with E-state index in [1.807, 2.05) is 0 Å². The smallest absolute Gasteiger partial charge is 0.339 e. The lowest BCUT2D eigenvalue weighted by atomic mass is 10.1. The number of esters is 2. The second-order valence-corrected chi connectivity index (χ2v) is 4.80. The summed E-state index contributed by atoms with van der Waals surface area (Å²) in [4.78, 5) is 23.9. The van der Waals surface area contributed by atoms with Crippen LogP contribution in [-0.4, -0.2) is 18.5 Å². The van der Waals surface area contributed by atoms with E-state index >= 15 is 0 Å². The number of carbonyl (C=O) groups excluding carboxylic acids is 2. The van der Waals surface area contributed by atoms with E-state index in [0.29, 0.717) is 6.07 Å². The lowest BCUT2D eigenvalue weighted by Crippen LogP contribution is -2.14. The fraction of sp³-hybridized carbons (Fsp3) is 0.176. The Bertz CT molecular complexity index is 821. The van der Waals surface area contributed by atoms with Gasteiger partial charge in [0.2, 0.25) is 0 Å². The zero-order valence-electron chi connectivity index (χ0n) is 12.9. The van der Waals surface area contributed by atoms with Crippen molar-refractivity contribution < 1.29 is 36.6 Å². The van der Waals surface area contributed by atoms with Gasteiger partial charge in [0.05, 0.1) is 17.7 Å². The number of ether oxygens (including phenoxy) is 2. The molecular formula is C17H12F4O4. The van der Waals surface area contributed by atoms with Crippen LogP contribution in [0.25, 0.3) is 0 Å². The summed E-state index contributed by atoms with van der Waals surface area (Å²) in [6.07, 6.45) is 0. The first-order valence-electron chi connectivity index (χ1n) is 7.12. The van der Waals surface area contributed by atoms with E-state index in [1.54, 1.807) is 6.92 Å². The van der Waals surface area contributed by atoms with Gasteiger partial charge in [-0.05, 0) is 25.1 Å². The molecular weight excluding hydrogens is 344 g/mol. The molecule has 0 atom stereocenters.